The van der Waals surface area contributed by atoms with Gasteiger partial charge in [0.1, 0.15) is 5.75 Å². The van der Waals surface area contributed by atoms with E-state index in [1.54, 1.807) is 7.11 Å². The molecule has 0 aromatic heterocycles. The van der Waals surface area contributed by atoms with Gasteiger partial charge in [-0.2, -0.15) is 0 Å². The molecule has 4 nitrogen and oxygen atoms in total. The number of likely N-dealkylation sites (tertiary alicyclic amines) is 1. The highest BCUT2D eigenvalue weighted by Crippen LogP contribution is 2.20. The predicted octanol–water partition coefficient (Wildman–Crippen LogP) is 2.82. The van der Waals surface area contributed by atoms with Gasteiger partial charge >= 0.3 is 0 Å². The molecule has 1 heterocycles. The van der Waals surface area contributed by atoms with Gasteiger partial charge in [-0.3, -0.25) is 4.79 Å². The van der Waals surface area contributed by atoms with E-state index in [2.05, 4.69) is 30.9 Å². The quantitative estimate of drug-likeness (QED) is 0.808. The van der Waals surface area contributed by atoms with Crippen LogP contribution in [0, 0.1) is 5.92 Å². The summed E-state index contributed by atoms with van der Waals surface area (Å²) < 4.78 is 5.19. The van der Waals surface area contributed by atoms with Crippen LogP contribution in [0.5, 0.6) is 5.75 Å². The van der Waals surface area contributed by atoms with Gasteiger partial charge in [0.25, 0.3) is 0 Å². The lowest BCUT2D eigenvalue weighted by Crippen LogP contribution is -2.43. The molecule has 23 heavy (non-hydrogen) atoms. The molecule has 0 unspecified atom stereocenters. The number of carbonyl (C=O) groups excluding carboxylic acids is 1. The summed E-state index contributed by atoms with van der Waals surface area (Å²) in [4.78, 5) is 16.7. The van der Waals surface area contributed by atoms with E-state index in [9.17, 15) is 4.79 Å². The molecule has 0 spiro atoms. The van der Waals surface area contributed by atoms with Crippen LogP contribution in [-0.2, 0) is 11.2 Å². The van der Waals surface area contributed by atoms with Gasteiger partial charge in [0, 0.05) is 25.6 Å². The van der Waals surface area contributed by atoms with E-state index >= 15 is 0 Å². The van der Waals surface area contributed by atoms with Gasteiger partial charge in [-0.15, -0.1) is 0 Å². The number of benzene rings is 1. The van der Waals surface area contributed by atoms with Crippen LogP contribution >= 0.6 is 0 Å². The summed E-state index contributed by atoms with van der Waals surface area (Å²) in [5, 5.41) is 0. The lowest BCUT2D eigenvalue weighted by Gasteiger charge is -2.34. The second-order valence-electron chi connectivity index (χ2n) is 6.76. The standard InChI is InChI=1S/C19H30N2O2/c1-15(2)20(3)19(22)17-10-13-21(14-11-17)12-9-16-5-7-18(23-4)8-6-16/h5-8,15,17H,9-14H2,1-4H3. The van der Waals surface area contributed by atoms with Crippen molar-refractivity contribution >= 4 is 5.91 Å². The van der Waals surface area contributed by atoms with Crippen molar-refractivity contribution in [3.63, 3.8) is 0 Å². The third-order valence-corrected chi connectivity index (χ3v) is 4.93. The average Bonchev–Trinajstić information content (AvgIpc) is 2.59. The van der Waals surface area contributed by atoms with Crippen molar-refractivity contribution < 1.29 is 9.53 Å². The van der Waals surface area contributed by atoms with E-state index in [0.717, 1.165) is 44.6 Å². The molecule has 0 bridgehead atoms. The maximum Gasteiger partial charge on any atom is 0.225 e. The molecule has 128 valence electrons. The molecule has 0 atom stereocenters. The van der Waals surface area contributed by atoms with Gasteiger partial charge < -0.3 is 14.5 Å². The number of piperidine rings is 1. The lowest BCUT2D eigenvalue weighted by molar-refractivity contribution is -0.137. The van der Waals surface area contributed by atoms with E-state index < -0.39 is 0 Å². The van der Waals surface area contributed by atoms with E-state index in [-0.39, 0.29) is 12.0 Å². The number of hydrogen-bond acceptors (Lipinski definition) is 3. The zero-order chi connectivity index (χ0) is 16.8. The molecule has 1 aliphatic heterocycles. The minimum atomic E-state index is 0.208. The van der Waals surface area contributed by atoms with Gasteiger partial charge in [0.15, 0.2) is 0 Å². The Kier molecular flexibility index (Phi) is 6.46. The first-order chi connectivity index (χ1) is 11.0. The van der Waals surface area contributed by atoms with Crippen LogP contribution in [0.2, 0.25) is 0 Å². The monoisotopic (exact) mass is 318 g/mol. The van der Waals surface area contributed by atoms with Crippen LogP contribution in [-0.4, -0.2) is 55.5 Å². The number of carbonyl (C=O) groups is 1. The summed E-state index contributed by atoms with van der Waals surface area (Å²) in [5.41, 5.74) is 1.34. The van der Waals surface area contributed by atoms with Gasteiger partial charge in [0.05, 0.1) is 7.11 Å². The molecule has 0 aliphatic carbocycles. The van der Waals surface area contributed by atoms with Gasteiger partial charge in [-0.25, -0.2) is 0 Å². The average molecular weight is 318 g/mol. The Morgan fingerprint density at radius 3 is 2.39 bits per heavy atom. The Morgan fingerprint density at radius 1 is 1.26 bits per heavy atom. The molecule has 4 heteroatoms. The smallest absolute Gasteiger partial charge is 0.225 e. The third-order valence-electron chi connectivity index (χ3n) is 4.93. The normalized spacial score (nSPS) is 16.6. The first kappa shape index (κ1) is 17.8. The Labute approximate surface area is 140 Å². The van der Waals surface area contributed by atoms with Crippen molar-refractivity contribution in [2.75, 3.05) is 33.8 Å². The van der Waals surface area contributed by atoms with Crippen molar-refractivity contribution in [1.82, 2.24) is 9.80 Å². The van der Waals surface area contributed by atoms with Gasteiger partial charge in [-0.05, 0) is 63.9 Å². The van der Waals surface area contributed by atoms with E-state index in [1.807, 2.05) is 24.1 Å². The number of nitrogens with zero attached hydrogens (tertiary/aromatic N) is 2. The summed E-state index contributed by atoms with van der Waals surface area (Å²) >= 11 is 0. The number of hydrogen-bond donors (Lipinski definition) is 0. The highest BCUT2D eigenvalue weighted by Gasteiger charge is 2.27. The Balaban J connectivity index is 1.75. The van der Waals surface area contributed by atoms with Crippen LogP contribution in [0.4, 0.5) is 0 Å². The summed E-state index contributed by atoms with van der Waals surface area (Å²) in [6, 6.07) is 8.58. The van der Waals surface area contributed by atoms with E-state index in [1.165, 1.54) is 5.56 Å². The van der Waals surface area contributed by atoms with E-state index in [0.29, 0.717) is 5.91 Å². The Hall–Kier alpha value is -1.55. The highest BCUT2D eigenvalue weighted by atomic mass is 16.5. The Bertz CT molecular complexity index is 491. The van der Waals surface area contributed by atoms with Crippen LogP contribution in [0.15, 0.2) is 24.3 Å². The predicted molar refractivity (Wildman–Crippen MR) is 93.8 cm³/mol. The number of methoxy groups -OCH3 is 1. The van der Waals surface area contributed by atoms with Crippen LogP contribution in [0.25, 0.3) is 0 Å². The summed E-state index contributed by atoms with van der Waals surface area (Å²) in [7, 11) is 3.61. The minimum Gasteiger partial charge on any atom is -0.497 e. The van der Waals surface area contributed by atoms with Crippen LogP contribution < -0.4 is 4.74 Å². The first-order valence-corrected chi connectivity index (χ1v) is 8.63. The molecule has 1 aliphatic rings. The third kappa shape index (κ3) is 4.96. The summed E-state index contributed by atoms with van der Waals surface area (Å²) in [5.74, 6) is 1.43. The number of amides is 1. The number of rotatable bonds is 6. The first-order valence-electron chi connectivity index (χ1n) is 8.63. The maximum atomic E-state index is 12.4. The van der Waals surface area contributed by atoms with Gasteiger partial charge in [0.2, 0.25) is 5.91 Å². The topological polar surface area (TPSA) is 32.8 Å². The fourth-order valence-corrected chi connectivity index (χ4v) is 3.03. The summed E-state index contributed by atoms with van der Waals surface area (Å²) in [6.07, 6.45) is 3.02. The molecule has 0 radical (unpaired) electrons. The van der Waals surface area contributed by atoms with Crippen molar-refractivity contribution in [3.8, 4) is 5.75 Å². The van der Waals surface area contributed by atoms with Crippen LogP contribution in [0.3, 0.4) is 0 Å². The van der Waals surface area contributed by atoms with Crippen LogP contribution in [0.1, 0.15) is 32.3 Å². The largest absolute Gasteiger partial charge is 0.497 e. The highest BCUT2D eigenvalue weighted by molar-refractivity contribution is 5.78. The van der Waals surface area contributed by atoms with Gasteiger partial charge in [-0.1, -0.05) is 12.1 Å². The molecule has 1 amide bonds. The molecule has 2 rings (SSSR count). The number of ether oxygens (including phenoxy) is 1. The second kappa shape index (κ2) is 8.34. The van der Waals surface area contributed by atoms with Crippen molar-refractivity contribution in [1.29, 1.82) is 0 Å². The molecule has 1 fully saturated rings. The lowest BCUT2D eigenvalue weighted by atomic mass is 9.94. The van der Waals surface area contributed by atoms with Crippen molar-refractivity contribution in [3.05, 3.63) is 29.8 Å². The fourth-order valence-electron chi connectivity index (χ4n) is 3.03. The summed E-state index contributed by atoms with van der Waals surface area (Å²) in [6.45, 7) is 7.26. The molecule has 0 N–H and O–H groups in total. The van der Waals surface area contributed by atoms with Crippen molar-refractivity contribution in [2.24, 2.45) is 5.92 Å². The molecule has 1 saturated heterocycles. The SMILES string of the molecule is COc1ccc(CCN2CCC(C(=O)N(C)C(C)C)CC2)cc1. The zero-order valence-corrected chi connectivity index (χ0v) is 14.9. The molecule has 1 aromatic carbocycles. The maximum absolute atomic E-state index is 12.4. The fraction of sp³-hybridized carbons (Fsp3) is 0.632. The molecule has 0 saturated carbocycles. The second-order valence-corrected chi connectivity index (χ2v) is 6.76. The molecule has 1 aromatic rings. The minimum absolute atomic E-state index is 0.208. The molecular formula is C19H30N2O2. The van der Waals surface area contributed by atoms with Crippen molar-refractivity contribution in [2.45, 2.75) is 39.2 Å². The molecular weight excluding hydrogens is 288 g/mol. The van der Waals surface area contributed by atoms with E-state index in [4.69, 9.17) is 4.74 Å². The zero-order valence-electron chi connectivity index (χ0n) is 14.9. The Morgan fingerprint density at radius 2 is 1.87 bits per heavy atom.